The normalized spacial score (nSPS) is 17.3. The molecule has 3 aromatic rings. The molecule has 0 radical (unpaired) electrons. The predicted octanol–water partition coefficient (Wildman–Crippen LogP) is 5.35. The number of amides is 3. The number of imide groups is 1. The van der Waals surface area contributed by atoms with Gasteiger partial charge in [0.15, 0.2) is 6.23 Å². The van der Waals surface area contributed by atoms with Crippen LogP contribution in [0.2, 0.25) is 0 Å². The summed E-state index contributed by atoms with van der Waals surface area (Å²) in [6.45, 7) is 3.20. The Morgan fingerprint density at radius 2 is 1.44 bits per heavy atom. The van der Waals surface area contributed by atoms with Crippen molar-refractivity contribution in [3.63, 3.8) is 0 Å². The van der Waals surface area contributed by atoms with Crippen LogP contribution < -0.4 is 4.90 Å². The van der Waals surface area contributed by atoms with Crippen LogP contribution in [0.4, 0.5) is 15.3 Å². The van der Waals surface area contributed by atoms with Gasteiger partial charge in [-0.2, -0.15) is 0 Å². The van der Waals surface area contributed by atoms with Crippen LogP contribution in [0.25, 0.3) is 0 Å². The monoisotopic (exact) mass is 588 g/mol. The van der Waals surface area contributed by atoms with Crippen LogP contribution in [-0.2, 0) is 41.5 Å². The molecular weight excluding hydrogens is 552 g/mol. The van der Waals surface area contributed by atoms with Gasteiger partial charge in [0.1, 0.15) is 13.2 Å². The van der Waals surface area contributed by atoms with E-state index in [-0.39, 0.29) is 38.9 Å². The molecule has 0 N–H and O–H groups in total. The fourth-order valence-corrected chi connectivity index (χ4v) is 4.60. The summed E-state index contributed by atoms with van der Waals surface area (Å²) in [6.07, 6.45) is -1.65. The summed E-state index contributed by atoms with van der Waals surface area (Å²) in [6, 6.07) is 26.6. The third kappa shape index (κ3) is 8.65. The molecule has 1 aliphatic rings. The van der Waals surface area contributed by atoms with E-state index in [9.17, 15) is 19.2 Å². The van der Waals surface area contributed by atoms with E-state index >= 15 is 0 Å². The number of carbonyl (C=O) groups is 4. The number of nitrogens with zero attached hydrogens (tertiary/aromatic N) is 2. The molecule has 0 bridgehead atoms. The fraction of sp³-hybridized carbons (Fsp3) is 0.333. The van der Waals surface area contributed by atoms with Crippen LogP contribution in [0.3, 0.4) is 0 Å². The molecule has 3 atom stereocenters. The molecule has 3 unspecified atom stereocenters. The molecule has 10 heteroatoms. The molecule has 0 spiro atoms. The Bertz CT molecular complexity index is 1290. The minimum Gasteiger partial charge on any atom is -0.461 e. The summed E-state index contributed by atoms with van der Waals surface area (Å²) < 4.78 is 21.3. The second kappa shape index (κ2) is 15.5. The molecule has 43 heavy (non-hydrogen) atoms. The molecule has 226 valence electrons. The highest BCUT2D eigenvalue weighted by atomic mass is 16.7. The van der Waals surface area contributed by atoms with E-state index in [1.54, 1.807) is 37.3 Å². The van der Waals surface area contributed by atoms with Crippen molar-refractivity contribution in [3.8, 4) is 0 Å². The van der Waals surface area contributed by atoms with Crippen molar-refractivity contribution in [2.75, 3.05) is 24.7 Å². The topological polar surface area (TPSA) is 112 Å². The number of hydrogen-bond donors (Lipinski definition) is 0. The molecule has 1 heterocycles. The first-order chi connectivity index (χ1) is 20.9. The maximum atomic E-state index is 14.0. The van der Waals surface area contributed by atoms with Crippen molar-refractivity contribution in [2.24, 2.45) is 5.92 Å². The van der Waals surface area contributed by atoms with Crippen molar-refractivity contribution in [1.29, 1.82) is 0 Å². The highest BCUT2D eigenvalue weighted by Crippen LogP contribution is 2.32. The lowest BCUT2D eigenvalue weighted by molar-refractivity contribution is -0.154. The Kier molecular flexibility index (Phi) is 11.3. The summed E-state index contributed by atoms with van der Waals surface area (Å²) in [5.41, 5.74) is 2.04. The SMILES string of the molecule is CCC(C)OC(=O)COCCOC(=O)OC1C(Cc2ccccc2)C(=O)N(c2ccccc2)C(=O)N1Cc1ccccc1. The number of urea groups is 1. The first kappa shape index (κ1) is 31.2. The number of anilines is 1. The highest BCUT2D eigenvalue weighted by Gasteiger charge is 2.49. The lowest BCUT2D eigenvalue weighted by Crippen LogP contribution is -2.63. The fourth-order valence-electron chi connectivity index (χ4n) is 4.60. The molecule has 1 aliphatic heterocycles. The first-order valence-corrected chi connectivity index (χ1v) is 14.3. The molecular formula is C33H36N2O8. The van der Waals surface area contributed by atoms with E-state index in [0.717, 1.165) is 16.0 Å². The summed E-state index contributed by atoms with van der Waals surface area (Å²) in [5.74, 6) is -1.94. The zero-order valence-electron chi connectivity index (χ0n) is 24.3. The summed E-state index contributed by atoms with van der Waals surface area (Å²) >= 11 is 0. The average molecular weight is 589 g/mol. The van der Waals surface area contributed by atoms with Crippen LogP contribution in [0.15, 0.2) is 91.0 Å². The van der Waals surface area contributed by atoms with Crippen LogP contribution in [0.5, 0.6) is 0 Å². The van der Waals surface area contributed by atoms with Gasteiger partial charge in [-0.3, -0.25) is 9.69 Å². The quantitative estimate of drug-likeness (QED) is 0.194. The van der Waals surface area contributed by atoms with E-state index in [0.29, 0.717) is 12.1 Å². The number of ether oxygens (including phenoxy) is 4. The van der Waals surface area contributed by atoms with Gasteiger partial charge < -0.3 is 18.9 Å². The van der Waals surface area contributed by atoms with Crippen LogP contribution >= 0.6 is 0 Å². The smallest absolute Gasteiger partial charge is 0.461 e. The summed E-state index contributed by atoms with van der Waals surface area (Å²) in [7, 11) is 0. The third-order valence-electron chi connectivity index (χ3n) is 6.93. The van der Waals surface area contributed by atoms with Gasteiger partial charge in [-0.25, -0.2) is 19.3 Å². The van der Waals surface area contributed by atoms with Crippen molar-refractivity contribution in [3.05, 3.63) is 102 Å². The number of hydrogen-bond acceptors (Lipinski definition) is 8. The molecule has 0 aliphatic carbocycles. The highest BCUT2D eigenvalue weighted by molar-refractivity contribution is 6.17. The Labute approximate surface area is 251 Å². The number of rotatable bonds is 13. The van der Waals surface area contributed by atoms with E-state index in [1.807, 2.05) is 67.6 Å². The molecule has 0 saturated carbocycles. The standard InChI is InChI=1S/C33H36N2O8/c1-3-24(2)42-29(36)23-40-19-20-41-33(39)43-31-28(21-25-13-7-4-8-14-25)30(37)35(27-17-11-6-12-18-27)32(38)34(31)22-26-15-9-5-10-16-26/h4-18,24,28,31H,3,19-23H2,1-2H3. The van der Waals surface area contributed by atoms with Crippen LogP contribution in [-0.4, -0.2) is 61.1 Å². The van der Waals surface area contributed by atoms with E-state index in [4.69, 9.17) is 18.9 Å². The summed E-state index contributed by atoms with van der Waals surface area (Å²) in [5, 5.41) is 0. The molecule has 3 amide bonds. The second-order valence-electron chi connectivity index (χ2n) is 10.1. The van der Waals surface area contributed by atoms with Gasteiger partial charge in [0.05, 0.1) is 30.9 Å². The van der Waals surface area contributed by atoms with Gasteiger partial charge >= 0.3 is 18.2 Å². The van der Waals surface area contributed by atoms with E-state index in [1.165, 1.54) is 4.90 Å². The maximum Gasteiger partial charge on any atom is 0.510 e. The van der Waals surface area contributed by atoms with Gasteiger partial charge in [-0.1, -0.05) is 85.8 Å². The number of carbonyl (C=O) groups excluding carboxylic acids is 4. The lowest BCUT2D eigenvalue weighted by atomic mass is 9.93. The van der Waals surface area contributed by atoms with Gasteiger partial charge in [-0.05, 0) is 43.0 Å². The molecule has 4 rings (SSSR count). The largest absolute Gasteiger partial charge is 0.510 e. The van der Waals surface area contributed by atoms with Crippen LogP contribution in [0, 0.1) is 5.92 Å². The van der Waals surface area contributed by atoms with Crippen LogP contribution in [0.1, 0.15) is 31.4 Å². The van der Waals surface area contributed by atoms with Gasteiger partial charge in [0.2, 0.25) is 5.91 Å². The maximum absolute atomic E-state index is 14.0. The van der Waals surface area contributed by atoms with Crippen molar-refractivity contribution in [1.82, 2.24) is 4.90 Å². The zero-order valence-corrected chi connectivity index (χ0v) is 24.3. The second-order valence-corrected chi connectivity index (χ2v) is 10.1. The molecule has 1 fully saturated rings. The summed E-state index contributed by atoms with van der Waals surface area (Å²) in [4.78, 5) is 55.1. The predicted molar refractivity (Wildman–Crippen MR) is 158 cm³/mol. The molecule has 0 aromatic heterocycles. The number of esters is 1. The minimum atomic E-state index is -1.25. The van der Waals surface area contributed by atoms with Crippen molar-refractivity contribution < 1.29 is 38.1 Å². The third-order valence-corrected chi connectivity index (χ3v) is 6.93. The lowest BCUT2D eigenvalue weighted by Gasteiger charge is -2.43. The van der Waals surface area contributed by atoms with Gasteiger partial charge in [0, 0.05) is 0 Å². The minimum absolute atomic E-state index is 0.0732. The number of para-hydroxylation sites is 1. The van der Waals surface area contributed by atoms with Gasteiger partial charge in [0.25, 0.3) is 0 Å². The molecule has 10 nitrogen and oxygen atoms in total. The van der Waals surface area contributed by atoms with E-state index in [2.05, 4.69) is 0 Å². The van der Waals surface area contributed by atoms with Gasteiger partial charge in [-0.15, -0.1) is 0 Å². The average Bonchev–Trinajstić information content (AvgIpc) is 3.02. The Morgan fingerprint density at radius 3 is 2.07 bits per heavy atom. The number of benzene rings is 3. The first-order valence-electron chi connectivity index (χ1n) is 14.3. The van der Waals surface area contributed by atoms with E-state index < -0.39 is 36.2 Å². The Balaban J connectivity index is 1.53. The Hall–Kier alpha value is -4.70. The molecule has 3 aromatic carbocycles. The van der Waals surface area contributed by atoms with Crippen molar-refractivity contribution in [2.45, 2.75) is 45.6 Å². The molecule has 1 saturated heterocycles. The zero-order chi connectivity index (χ0) is 30.6. The van der Waals surface area contributed by atoms with Crippen molar-refractivity contribution >= 4 is 29.8 Å². The Morgan fingerprint density at radius 1 is 0.837 bits per heavy atom.